The van der Waals surface area contributed by atoms with Gasteiger partial charge in [-0.25, -0.2) is 0 Å². The summed E-state index contributed by atoms with van der Waals surface area (Å²) in [6.07, 6.45) is 0.263. The summed E-state index contributed by atoms with van der Waals surface area (Å²) >= 11 is 0. The third-order valence-corrected chi connectivity index (χ3v) is 3.32. The molecule has 0 bridgehead atoms. The van der Waals surface area contributed by atoms with E-state index in [4.69, 9.17) is 4.74 Å². The van der Waals surface area contributed by atoms with E-state index < -0.39 is 0 Å². The van der Waals surface area contributed by atoms with Crippen LogP contribution in [0.5, 0.6) is 0 Å². The molecule has 1 heterocycles. The van der Waals surface area contributed by atoms with Crippen LogP contribution in [0, 0.1) is 0 Å². The molecule has 0 N–H and O–H groups in total. The van der Waals surface area contributed by atoms with Crippen molar-refractivity contribution in [3.8, 4) is 0 Å². The number of nitrogens with zero attached hydrogens (tertiary/aromatic N) is 2. The topological polar surface area (TPSA) is 15.7 Å². The molecule has 1 rings (SSSR count). The molecule has 2 atom stereocenters. The second-order valence-electron chi connectivity index (χ2n) is 4.73. The predicted octanol–water partition coefficient (Wildman–Crippen LogP) is 1.78. The highest BCUT2D eigenvalue weighted by atomic mass is 16.5. The number of piperazine rings is 1. The molecule has 0 amide bonds. The van der Waals surface area contributed by atoms with E-state index in [1.54, 1.807) is 0 Å². The standard InChI is InChI=1S/C12H26N2O/c1-6-15-12(5)14-8-7-13(10(2)3)9-11(14)4/h10-12H,6-9H2,1-5H3. The minimum atomic E-state index is 0.263. The van der Waals surface area contributed by atoms with Crippen molar-refractivity contribution in [2.24, 2.45) is 0 Å². The van der Waals surface area contributed by atoms with Gasteiger partial charge in [0.15, 0.2) is 0 Å². The summed E-state index contributed by atoms with van der Waals surface area (Å²) in [6.45, 7) is 15.3. The van der Waals surface area contributed by atoms with Crippen molar-refractivity contribution in [1.82, 2.24) is 9.80 Å². The zero-order valence-electron chi connectivity index (χ0n) is 10.9. The van der Waals surface area contributed by atoms with Crippen molar-refractivity contribution in [3.63, 3.8) is 0 Å². The van der Waals surface area contributed by atoms with E-state index in [9.17, 15) is 0 Å². The van der Waals surface area contributed by atoms with Gasteiger partial charge in [-0.1, -0.05) is 0 Å². The molecule has 3 heteroatoms. The Labute approximate surface area is 94.4 Å². The van der Waals surface area contributed by atoms with E-state index in [0.717, 1.165) is 19.7 Å². The molecule has 0 radical (unpaired) electrons. The van der Waals surface area contributed by atoms with Gasteiger partial charge >= 0.3 is 0 Å². The molecule has 0 spiro atoms. The average molecular weight is 214 g/mol. The summed E-state index contributed by atoms with van der Waals surface area (Å²) in [7, 11) is 0. The van der Waals surface area contributed by atoms with Gasteiger partial charge in [-0.05, 0) is 34.6 Å². The fourth-order valence-electron chi connectivity index (χ4n) is 2.35. The first-order valence-corrected chi connectivity index (χ1v) is 6.17. The molecule has 1 aliphatic rings. The maximum absolute atomic E-state index is 5.65. The fourth-order valence-corrected chi connectivity index (χ4v) is 2.35. The number of hydrogen-bond donors (Lipinski definition) is 0. The minimum Gasteiger partial charge on any atom is -0.364 e. The van der Waals surface area contributed by atoms with Gasteiger partial charge in [0, 0.05) is 38.3 Å². The van der Waals surface area contributed by atoms with Crippen LogP contribution in [0.15, 0.2) is 0 Å². The van der Waals surface area contributed by atoms with Crippen molar-refractivity contribution in [2.75, 3.05) is 26.2 Å². The summed E-state index contributed by atoms with van der Waals surface area (Å²) in [6, 6.07) is 1.26. The number of ether oxygens (including phenoxy) is 1. The van der Waals surface area contributed by atoms with E-state index in [0.29, 0.717) is 12.1 Å². The molecule has 0 aromatic carbocycles. The Balaban J connectivity index is 2.45. The quantitative estimate of drug-likeness (QED) is 0.709. The van der Waals surface area contributed by atoms with Gasteiger partial charge in [0.1, 0.15) is 6.23 Å². The molecule has 90 valence electrons. The molecule has 2 unspecified atom stereocenters. The lowest BCUT2D eigenvalue weighted by Gasteiger charge is -2.44. The molecule has 0 aromatic rings. The van der Waals surface area contributed by atoms with Crippen molar-refractivity contribution >= 4 is 0 Å². The van der Waals surface area contributed by atoms with Crippen molar-refractivity contribution in [2.45, 2.75) is 52.9 Å². The zero-order chi connectivity index (χ0) is 11.4. The van der Waals surface area contributed by atoms with Crippen LogP contribution in [0.4, 0.5) is 0 Å². The first kappa shape index (κ1) is 12.9. The highest BCUT2D eigenvalue weighted by Crippen LogP contribution is 2.15. The molecule has 0 aromatic heterocycles. The second kappa shape index (κ2) is 5.83. The smallest absolute Gasteiger partial charge is 0.108 e. The summed E-state index contributed by atoms with van der Waals surface area (Å²) in [5.74, 6) is 0. The van der Waals surface area contributed by atoms with Gasteiger partial charge in [0.2, 0.25) is 0 Å². The molecule has 1 aliphatic heterocycles. The predicted molar refractivity (Wildman–Crippen MR) is 64.0 cm³/mol. The van der Waals surface area contributed by atoms with Crippen molar-refractivity contribution < 1.29 is 4.74 Å². The van der Waals surface area contributed by atoms with Crippen LogP contribution in [0.1, 0.15) is 34.6 Å². The largest absolute Gasteiger partial charge is 0.364 e. The lowest BCUT2D eigenvalue weighted by molar-refractivity contribution is -0.0861. The number of rotatable bonds is 4. The van der Waals surface area contributed by atoms with Gasteiger partial charge in [-0.15, -0.1) is 0 Å². The lowest BCUT2D eigenvalue weighted by Crippen LogP contribution is -2.56. The second-order valence-corrected chi connectivity index (χ2v) is 4.73. The monoisotopic (exact) mass is 214 g/mol. The van der Waals surface area contributed by atoms with Gasteiger partial charge in [0.05, 0.1) is 0 Å². The zero-order valence-corrected chi connectivity index (χ0v) is 10.9. The van der Waals surface area contributed by atoms with Gasteiger partial charge in [-0.2, -0.15) is 0 Å². The van der Waals surface area contributed by atoms with Crippen LogP contribution in [0.3, 0.4) is 0 Å². The van der Waals surface area contributed by atoms with Gasteiger partial charge in [-0.3, -0.25) is 9.80 Å². The number of hydrogen-bond acceptors (Lipinski definition) is 3. The first-order valence-electron chi connectivity index (χ1n) is 6.17. The van der Waals surface area contributed by atoms with Crippen LogP contribution in [-0.2, 0) is 4.74 Å². The van der Waals surface area contributed by atoms with E-state index in [1.807, 2.05) is 0 Å². The van der Waals surface area contributed by atoms with Gasteiger partial charge in [0.25, 0.3) is 0 Å². The van der Waals surface area contributed by atoms with Crippen molar-refractivity contribution in [1.29, 1.82) is 0 Å². The Morgan fingerprint density at radius 3 is 2.40 bits per heavy atom. The summed E-state index contributed by atoms with van der Waals surface area (Å²) < 4.78 is 5.65. The normalized spacial score (nSPS) is 27.2. The highest BCUT2D eigenvalue weighted by molar-refractivity contribution is 4.81. The molecule has 0 aliphatic carbocycles. The minimum absolute atomic E-state index is 0.263. The summed E-state index contributed by atoms with van der Waals surface area (Å²) in [5, 5.41) is 0. The van der Waals surface area contributed by atoms with E-state index >= 15 is 0 Å². The van der Waals surface area contributed by atoms with Crippen LogP contribution in [-0.4, -0.2) is 54.4 Å². The average Bonchev–Trinajstić information content (AvgIpc) is 2.17. The molecular weight excluding hydrogens is 188 g/mol. The van der Waals surface area contributed by atoms with Crippen LogP contribution in [0.2, 0.25) is 0 Å². The van der Waals surface area contributed by atoms with Crippen molar-refractivity contribution in [3.05, 3.63) is 0 Å². The Bertz CT molecular complexity index is 184. The van der Waals surface area contributed by atoms with E-state index in [1.165, 1.54) is 6.54 Å². The van der Waals surface area contributed by atoms with E-state index in [-0.39, 0.29) is 6.23 Å². The molecular formula is C12H26N2O. The Kier molecular flexibility index (Phi) is 5.03. The molecule has 1 saturated heterocycles. The molecule has 0 saturated carbocycles. The summed E-state index contributed by atoms with van der Waals surface area (Å²) in [4.78, 5) is 5.00. The summed E-state index contributed by atoms with van der Waals surface area (Å²) in [5.41, 5.74) is 0. The Morgan fingerprint density at radius 1 is 1.27 bits per heavy atom. The fraction of sp³-hybridized carbons (Fsp3) is 1.00. The lowest BCUT2D eigenvalue weighted by atomic mass is 10.1. The Morgan fingerprint density at radius 2 is 1.93 bits per heavy atom. The van der Waals surface area contributed by atoms with Crippen LogP contribution >= 0.6 is 0 Å². The Hall–Kier alpha value is -0.120. The molecule has 3 nitrogen and oxygen atoms in total. The van der Waals surface area contributed by atoms with E-state index in [2.05, 4.69) is 44.4 Å². The first-order chi connectivity index (χ1) is 7.06. The maximum Gasteiger partial charge on any atom is 0.108 e. The van der Waals surface area contributed by atoms with Gasteiger partial charge < -0.3 is 4.74 Å². The molecule has 1 fully saturated rings. The SMILES string of the molecule is CCOC(C)N1CCN(C(C)C)CC1C. The highest BCUT2D eigenvalue weighted by Gasteiger charge is 2.28. The maximum atomic E-state index is 5.65. The van der Waals surface area contributed by atoms with Crippen LogP contribution < -0.4 is 0 Å². The molecule has 15 heavy (non-hydrogen) atoms. The third-order valence-electron chi connectivity index (χ3n) is 3.32. The van der Waals surface area contributed by atoms with Crippen LogP contribution in [0.25, 0.3) is 0 Å². The third kappa shape index (κ3) is 3.44.